The molecule has 0 amide bonds. The Balaban J connectivity index is 1.59. The average molecular weight is 517 g/mol. The molecule has 2 N–H and O–H groups in total. The molecule has 0 fully saturated rings. The summed E-state index contributed by atoms with van der Waals surface area (Å²) >= 11 is 0. The van der Waals surface area contributed by atoms with Crippen LogP contribution in [0.4, 0.5) is 0 Å². The number of aromatic amines is 2. The number of nitrogens with one attached hydrogen (secondary N) is 2. The first-order valence-electron chi connectivity index (χ1n) is 12.0. The van der Waals surface area contributed by atoms with Crippen molar-refractivity contribution >= 4 is 21.6 Å². The van der Waals surface area contributed by atoms with E-state index in [1.165, 1.54) is 12.5 Å². The van der Waals surface area contributed by atoms with E-state index in [9.17, 15) is 18.0 Å². The Morgan fingerprint density at radius 3 is 1.71 bits per heavy atom. The highest BCUT2D eigenvalue weighted by molar-refractivity contribution is 7.85. The molecule has 0 aromatic carbocycles. The third-order valence-corrected chi connectivity index (χ3v) is 9.53. The van der Waals surface area contributed by atoms with Gasteiger partial charge in [0.25, 0.3) is 11.1 Å². The lowest BCUT2D eigenvalue weighted by Gasteiger charge is -2.27. The number of aromatic nitrogens is 2. The minimum atomic E-state index is -0.919. The Morgan fingerprint density at radius 2 is 1.24 bits per heavy atom. The van der Waals surface area contributed by atoms with Gasteiger partial charge in [-0.15, -0.1) is 0 Å². The maximum atomic E-state index is 12.4. The van der Waals surface area contributed by atoms with Gasteiger partial charge in [-0.2, -0.15) is 10.3 Å². The van der Waals surface area contributed by atoms with E-state index in [-0.39, 0.29) is 21.9 Å². The maximum Gasteiger partial charge on any atom is 0.283 e. The van der Waals surface area contributed by atoms with Crippen LogP contribution >= 0.6 is 0 Å². The molecule has 3 atom stereocenters. The summed E-state index contributed by atoms with van der Waals surface area (Å²) in [5, 5.41) is 4.64. The minimum Gasteiger partial charge on any atom is -0.387 e. The van der Waals surface area contributed by atoms with Gasteiger partial charge in [-0.25, -0.2) is 0 Å². The molecule has 10 heteroatoms. The van der Waals surface area contributed by atoms with Gasteiger partial charge in [-0.05, 0) is 55.8 Å². The first-order chi connectivity index (χ1) is 16.0. The van der Waals surface area contributed by atoms with Gasteiger partial charge in [0.05, 0.1) is 11.1 Å². The second-order valence-corrected chi connectivity index (χ2v) is 13.7. The van der Waals surface area contributed by atoms with Gasteiger partial charge in [0.2, 0.25) is 0 Å². The van der Waals surface area contributed by atoms with Gasteiger partial charge in [-0.3, -0.25) is 18.0 Å². The third kappa shape index (κ3) is 9.90. The summed E-state index contributed by atoms with van der Waals surface area (Å²) in [4.78, 5) is 23.3. The molecule has 2 heterocycles. The lowest BCUT2D eigenvalue weighted by atomic mass is 9.78. The summed E-state index contributed by atoms with van der Waals surface area (Å²) < 4.78 is 34.5. The van der Waals surface area contributed by atoms with Crippen molar-refractivity contribution in [1.82, 2.24) is 10.3 Å². The molecule has 2 rings (SSSR count). The molecular weight excluding hydrogens is 476 g/mol. The summed E-state index contributed by atoms with van der Waals surface area (Å²) in [6, 6.07) is 0. The molecule has 8 nitrogen and oxygen atoms in total. The largest absolute Gasteiger partial charge is 0.387 e. The van der Waals surface area contributed by atoms with Crippen LogP contribution in [0.25, 0.3) is 0 Å². The second-order valence-electron chi connectivity index (χ2n) is 10.3. The highest BCUT2D eigenvalue weighted by Crippen LogP contribution is 2.31. The van der Waals surface area contributed by atoms with Crippen LogP contribution in [0.3, 0.4) is 0 Å². The van der Waals surface area contributed by atoms with Gasteiger partial charge in [0, 0.05) is 44.6 Å². The molecular formula is C24H40N2O6S2. The van der Waals surface area contributed by atoms with E-state index in [2.05, 4.69) is 38.0 Å². The van der Waals surface area contributed by atoms with Crippen LogP contribution in [0.15, 0.2) is 31.2 Å². The van der Waals surface area contributed by atoms with E-state index < -0.39 is 21.6 Å². The molecule has 194 valence electrons. The third-order valence-electron chi connectivity index (χ3n) is 6.55. The smallest absolute Gasteiger partial charge is 0.283 e. The molecule has 0 aliphatic heterocycles. The standard InChI is InChI=1S/C24H40N2O6S2/c1-5-24(4,16-20-18-32-26-22(20)28)10-7-12-34(30)14-8-13-33(29)11-6-9-23(2,3)15-19-17-31-25-21(19)27/h17-18H,5-16H2,1-4H3,(H,25,27)(H,26,28). The molecule has 0 saturated heterocycles. The van der Waals surface area contributed by atoms with Crippen LogP contribution in [0.1, 0.15) is 77.3 Å². The van der Waals surface area contributed by atoms with Gasteiger partial charge >= 0.3 is 0 Å². The Morgan fingerprint density at radius 1 is 0.765 bits per heavy atom. The van der Waals surface area contributed by atoms with Crippen molar-refractivity contribution in [2.24, 2.45) is 10.8 Å². The van der Waals surface area contributed by atoms with Crippen LogP contribution in [0.2, 0.25) is 0 Å². The zero-order valence-corrected chi connectivity index (χ0v) is 22.5. The maximum absolute atomic E-state index is 12.4. The van der Waals surface area contributed by atoms with E-state index in [4.69, 9.17) is 9.05 Å². The first kappa shape index (κ1) is 28.6. The monoisotopic (exact) mass is 516 g/mol. The molecule has 2 aromatic rings. The van der Waals surface area contributed by atoms with Crippen LogP contribution in [0, 0.1) is 10.8 Å². The minimum absolute atomic E-state index is 0.0263. The van der Waals surface area contributed by atoms with Crippen molar-refractivity contribution in [1.29, 1.82) is 0 Å². The van der Waals surface area contributed by atoms with Gasteiger partial charge in [0.15, 0.2) is 0 Å². The molecule has 3 unspecified atom stereocenters. The SMILES string of the molecule is CCC(C)(CCCS(=O)CCCS(=O)CCCC(C)(C)Cc1co[nH]c1=O)Cc1co[nH]c1=O. The van der Waals surface area contributed by atoms with E-state index in [0.717, 1.165) is 32.1 Å². The fraction of sp³-hybridized carbons (Fsp3) is 0.750. The highest BCUT2D eigenvalue weighted by Gasteiger charge is 2.25. The van der Waals surface area contributed by atoms with Crippen molar-refractivity contribution in [2.75, 3.05) is 23.0 Å². The molecule has 0 aliphatic rings. The Hall–Kier alpha value is -1.68. The topological polar surface area (TPSA) is 126 Å². The summed E-state index contributed by atoms with van der Waals surface area (Å²) in [7, 11) is -1.84. The van der Waals surface area contributed by atoms with Crippen LogP contribution in [0.5, 0.6) is 0 Å². The van der Waals surface area contributed by atoms with Crippen molar-refractivity contribution in [3.63, 3.8) is 0 Å². The van der Waals surface area contributed by atoms with Crippen LogP contribution < -0.4 is 11.1 Å². The normalized spacial score (nSPS) is 15.8. The summed E-state index contributed by atoms with van der Waals surface area (Å²) in [5.74, 6) is 2.40. The number of rotatable bonds is 17. The fourth-order valence-corrected chi connectivity index (χ4v) is 6.66. The Labute approximate surface area is 206 Å². The lowest BCUT2D eigenvalue weighted by Crippen LogP contribution is -2.23. The molecule has 34 heavy (non-hydrogen) atoms. The van der Waals surface area contributed by atoms with E-state index >= 15 is 0 Å². The number of hydrogen-bond acceptors (Lipinski definition) is 6. The summed E-state index contributed by atoms with van der Waals surface area (Å²) in [6.45, 7) is 8.46. The van der Waals surface area contributed by atoms with E-state index in [1.807, 2.05) is 0 Å². The van der Waals surface area contributed by atoms with Crippen molar-refractivity contribution in [3.8, 4) is 0 Å². The van der Waals surface area contributed by atoms with Gasteiger partial charge in [0.1, 0.15) is 12.5 Å². The Kier molecular flexibility index (Phi) is 11.3. The zero-order chi connectivity index (χ0) is 25.2. The molecule has 0 radical (unpaired) electrons. The predicted molar refractivity (Wildman–Crippen MR) is 137 cm³/mol. The number of H-pyrrole nitrogens is 2. The predicted octanol–water partition coefficient (Wildman–Crippen LogP) is 3.92. The van der Waals surface area contributed by atoms with E-state index in [1.54, 1.807) is 0 Å². The van der Waals surface area contributed by atoms with E-state index in [0.29, 0.717) is 53.4 Å². The molecule has 0 aliphatic carbocycles. The number of hydrogen-bond donors (Lipinski definition) is 2. The summed E-state index contributed by atoms with van der Waals surface area (Å²) in [5.41, 5.74) is 0.849. The molecule has 0 saturated carbocycles. The Bertz CT molecular complexity index is 1030. The van der Waals surface area contributed by atoms with Crippen molar-refractivity contribution < 1.29 is 17.5 Å². The molecule has 0 spiro atoms. The second kappa shape index (κ2) is 13.4. The highest BCUT2D eigenvalue weighted by atomic mass is 32.2. The van der Waals surface area contributed by atoms with Crippen molar-refractivity contribution in [3.05, 3.63) is 44.4 Å². The van der Waals surface area contributed by atoms with Crippen molar-refractivity contribution in [2.45, 2.75) is 79.1 Å². The summed E-state index contributed by atoms with van der Waals surface area (Å²) in [6.07, 6.45) is 9.28. The average Bonchev–Trinajstić information content (AvgIpc) is 3.35. The van der Waals surface area contributed by atoms with Crippen LogP contribution in [-0.4, -0.2) is 41.7 Å². The van der Waals surface area contributed by atoms with Crippen LogP contribution in [-0.2, 0) is 34.4 Å². The first-order valence-corrected chi connectivity index (χ1v) is 15.0. The lowest BCUT2D eigenvalue weighted by molar-refractivity contribution is 0.278. The fourth-order valence-electron chi connectivity index (χ4n) is 4.20. The molecule has 2 aromatic heterocycles. The molecule has 0 bridgehead atoms. The quantitative estimate of drug-likeness (QED) is 0.328. The van der Waals surface area contributed by atoms with Gasteiger partial charge < -0.3 is 9.05 Å². The van der Waals surface area contributed by atoms with Gasteiger partial charge in [-0.1, -0.05) is 34.1 Å². The zero-order valence-electron chi connectivity index (χ0n) is 20.9.